The van der Waals surface area contributed by atoms with Gasteiger partial charge in [-0.25, -0.2) is 4.79 Å². The fourth-order valence-corrected chi connectivity index (χ4v) is 4.15. The van der Waals surface area contributed by atoms with Gasteiger partial charge in [-0.3, -0.25) is 9.59 Å². The summed E-state index contributed by atoms with van der Waals surface area (Å²) >= 11 is 0. The second-order valence-electron chi connectivity index (χ2n) is 10.5. The van der Waals surface area contributed by atoms with Gasteiger partial charge in [0.05, 0.1) is 12.7 Å². The molecule has 0 spiro atoms. The zero-order valence-electron chi connectivity index (χ0n) is 20.5. The highest BCUT2D eigenvalue weighted by molar-refractivity contribution is 6.27. The monoisotopic (exact) mass is 448 g/mol. The largest absolute Gasteiger partial charge is 0.513 e. The zero-order chi connectivity index (χ0) is 24.6. The predicted octanol–water partition coefficient (Wildman–Crippen LogP) is 5.90. The Hall–Kier alpha value is -3.21. The van der Waals surface area contributed by atoms with Crippen molar-refractivity contribution in [1.29, 1.82) is 0 Å². The smallest absolute Gasteiger partial charge is 0.437 e. The van der Waals surface area contributed by atoms with Crippen molar-refractivity contribution in [3.05, 3.63) is 75.9 Å². The van der Waals surface area contributed by atoms with E-state index in [1.807, 2.05) is 45.0 Å². The molecule has 0 N–H and O–H groups in total. The third-order valence-corrected chi connectivity index (χ3v) is 5.87. The molecule has 174 valence electrons. The van der Waals surface area contributed by atoms with Crippen molar-refractivity contribution in [2.75, 3.05) is 7.11 Å². The van der Waals surface area contributed by atoms with Crippen molar-refractivity contribution < 1.29 is 23.9 Å². The van der Waals surface area contributed by atoms with Crippen LogP contribution in [-0.4, -0.2) is 24.8 Å². The molecule has 0 unspecified atom stereocenters. The van der Waals surface area contributed by atoms with Crippen molar-refractivity contribution >= 4 is 17.7 Å². The summed E-state index contributed by atoms with van der Waals surface area (Å²) in [6.45, 7) is 12.3. The lowest BCUT2D eigenvalue weighted by Gasteiger charge is -2.29. The van der Waals surface area contributed by atoms with Gasteiger partial charge in [-0.2, -0.15) is 0 Å². The van der Waals surface area contributed by atoms with E-state index in [4.69, 9.17) is 9.47 Å². The van der Waals surface area contributed by atoms with Crippen LogP contribution in [0.4, 0.5) is 4.79 Å². The fourth-order valence-electron chi connectivity index (χ4n) is 4.15. The number of fused-ring (bicyclic) bond motifs is 1. The summed E-state index contributed by atoms with van der Waals surface area (Å²) in [5.74, 6) is -0.122. The summed E-state index contributed by atoms with van der Waals surface area (Å²) in [5.41, 5.74) is 3.69. The number of methoxy groups -OCH3 is 1. The molecule has 1 aliphatic rings. The first-order valence-corrected chi connectivity index (χ1v) is 11.1. The Labute approximate surface area is 195 Å². The Morgan fingerprint density at radius 3 is 2.18 bits per heavy atom. The number of ether oxygens (including phenoxy) is 2. The molecule has 33 heavy (non-hydrogen) atoms. The minimum Gasteiger partial charge on any atom is -0.437 e. The minimum absolute atomic E-state index is 0.0360. The normalized spacial score (nSPS) is 13.8. The summed E-state index contributed by atoms with van der Waals surface area (Å²) in [6, 6.07) is 11.1. The molecule has 2 aromatic rings. The Morgan fingerprint density at radius 2 is 1.58 bits per heavy atom. The van der Waals surface area contributed by atoms with Crippen LogP contribution < -0.4 is 4.74 Å². The molecule has 0 bridgehead atoms. The number of carbonyl (C=O) groups is 3. The fraction of sp³-hybridized carbons (Fsp3) is 0.393. The molecule has 5 heteroatoms. The molecule has 0 saturated heterocycles. The van der Waals surface area contributed by atoms with E-state index >= 15 is 0 Å². The third kappa shape index (κ3) is 5.24. The molecule has 0 atom stereocenters. The highest BCUT2D eigenvalue weighted by Crippen LogP contribution is 2.38. The van der Waals surface area contributed by atoms with Crippen LogP contribution in [0, 0.1) is 0 Å². The lowest BCUT2D eigenvalue weighted by Crippen LogP contribution is -2.24. The van der Waals surface area contributed by atoms with E-state index in [0.717, 1.165) is 22.3 Å². The highest BCUT2D eigenvalue weighted by atomic mass is 16.7. The Morgan fingerprint density at radius 1 is 0.939 bits per heavy atom. The molecule has 2 aromatic carbocycles. The number of carbonyl (C=O) groups excluding carboxylic acids is 3. The van der Waals surface area contributed by atoms with Gasteiger partial charge in [0.2, 0.25) is 0 Å². The zero-order valence-corrected chi connectivity index (χ0v) is 20.5. The van der Waals surface area contributed by atoms with Crippen LogP contribution in [-0.2, 0) is 33.2 Å². The maximum Gasteiger partial charge on any atom is 0.513 e. The van der Waals surface area contributed by atoms with Gasteiger partial charge in [-0.15, -0.1) is 0 Å². The van der Waals surface area contributed by atoms with Crippen molar-refractivity contribution in [1.82, 2.24) is 0 Å². The molecule has 1 aliphatic carbocycles. The second-order valence-corrected chi connectivity index (χ2v) is 10.5. The number of rotatable bonds is 4. The van der Waals surface area contributed by atoms with Gasteiger partial charge in [-0.05, 0) is 40.0 Å². The lowest BCUT2D eigenvalue weighted by atomic mass is 9.76. The summed E-state index contributed by atoms with van der Waals surface area (Å²) < 4.78 is 10.2. The topological polar surface area (TPSA) is 69.7 Å². The number of hydrogen-bond acceptors (Lipinski definition) is 5. The third-order valence-electron chi connectivity index (χ3n) is 5.87. The molecular weight excluding hydrogens is 416 g/mol. The Kier molecular flexibility index (Phi) is 6.64. The second kappa shape index (κ2) is 8.97. The number of hydrogen-bond donors (Lipinski definition) is 0. The molecular formula is C28H32O5. The Bertz CT molecular complexity index is 1140. The van der Waals surface area contributed by atoms with Gasteiger partial charge in [-0.1, -0.05) is 78.0 Å². The number of allylic oxidation sites excluding steroid dienone is 2. The van der Waals surface area contributed by atoms with E-state index in [2.05, 4.69) is 20.8 Å². The van der Waals surface area contributed by atoms with Crippen LogP contribution in [0.5, 0.6) is 5.75 Å². The van der Waals surface area contributed by atoms with E-state index in [-0.39, 0.29) is 34.4 Å². The minimum atomic E-state index is -0.817. The molecule has 0 aliphatic heterocycles. The van der Waals surface area contributed by atoms with Gasteiger partial charge in [0.15, 0.2) is 11.6 Å². The van der Waals surface area contributed by atoms with E-state index in [1.165, 1.54) is 7.11 Å². The van der Waals surface area contributed by atoms with Crippen LogP contribution in [0.3, 0.4) is 0 Å². The van der Waals surface area contributed by atoms with Gasteiger partial charge in [0.25, 0.3) is 0 Å². The van der Waals surface area contributed by atoms with E-state index in [0.29, 0.717) is 17.7 Å². The number of ketones is 2. The number of Topliss-reactive ketones (excluding diaryl/α,β-unsaturated/α-hetero) is 2. The lowest BCUT2D eigenvalue weighted by molar-refractivity contribution is -0.114. The predicted molar refractivity (Wildman–Crippen MR) is 128 cm³/mol. The summed E-state index contributed by atoms with van der Waals surface area (Å²) in [5, 5.41) is 0. The average molecular weight is 449 g/mol. The van der Waals surface area contributed by atoms with Crippen molar-refractivity contribution in [2.45, 2.75) is 65.2 Å². The Balaban J connectivity index is 2.05. The maximum absolute atomic E-state index is 13.3. The van der Waals surface area contributed by atoms with Gasteiger partial charge >= 0.3 is 6.16 Å². The van der Waals surface area contributed by atoms with Crippen LogP contribution >= 0.6 is 0 Å². The van der Waals surface area contributed by atoms with Crippen LogP contribution in [0.25, 0.3) is 0 Å². The van der Waals surface area contributed by atoms with Gasteiger partial charge < -0.3 is 9.47 Å². The molecule has 3 rings (SSSR count). The van der Waals surface area contributed by atoms with E-state index < -0.39 is 6.16 Å². The summed E-state index contributed by atoms with van der Waals surface area (Å²) in [7, 11) is 1.26. The standard InChI is InChI=1S/C28H32O5/c1-27(2,3)21-16-22(28(4,5)6)24(33-26(31)32-7)15-18(21)14-23(29)20-13-12-17-10-8-9-11-19(17)25(20)30/h8-11,13,15-16H,12,14H2,1-7H3. The first kappa shape index (κ1) is 24.4. The summed E-state index contributed by atoms with van der Waals surface area (Å²) in [4.78, 5) is 38.2. The van der Waals surface area contributed by atoms with Crippen LogP contribution in [0.15, 0.2) is 48.0 Å². The van der Waals surface area contributed by atoms with Crippen molar-refractivity contribution in [2.24, 2.45) is 0 Å². The molecule has 5 nitrogen and oxygen atoms in total. The van der Waals surface area contributed by atoms with Crippen molar-refractivity contribution in [3.8, 4) is 5.75 Å². The first-order valence-electron chi connectivity index (χ1n) is 11.1. The molecule has 0 aromatic heterocycles. The van der Waals surface area contributed by atoms with Crippen LogP contribution in [0.1, 0.15) is 74.2 Å². The first-order chi connectivity index (χ1) is 15.3. The van der Waals surface area contributed by atoms with Crippen LogP contribution in [0.2, 0.25) is 0 Å². The quantitative estimate of drug-likeness (QED) is 0.331. The van der Waals surface area contributed by atoms with Crippen molar-refractivity contribution in [3.63, 3.8) is 0 Å². The summed E-state index contributed by atoms with van der Waals surface area (Å²) in [6.07, 6.45) is 1.49. The molecule has 0 radical (unpaired) electrons. The SMILES string of the molecule is COC(=O)Oc1cc(CC(=O)C2=CCc3ccccc3C2=O)c(C(C)(C)C)cc1C(C)(C)C. The highest BCUT2D eigenvalue weighted by Gasteiger charge is 2.30. The molecule has 0 heterocycles. The number of benzene rings is 2. The van der Waals surface area contributed by atoms with E-state index in [1.54, 1.807) is 18.2 Å². The maximum atomic E-state index is 13.3. The van der Waals surface area contributed by atoms with E-state index in [9.17, 15) is 14.4 Å². The average Bonchev–Trinajstić information content (AvgIpc) is 2.72. The van der Waals surface area contributed by atoms with Gasteiger partial charge in [0.1, 0.15) is 5.75 Å². The molecule has 0 saturated carbocycles. The molecule has 0 amide bonds. The van der Waals surface area contributed by atoms with Gasteiger partial charge in [0, 0.05) is 17.5 Å². The molecule has 0 fully saturated rings.